The number of nitrogens with zero attached hydrogens (tertiary/aromatic N) is 1. The average Bonchev–Trinajstić information content (AvgIpc) is 3.09. The molecule has 2 aliphatic carbocycles. The first kappa shape index (κ1) is 18.7. The standard InChI is InChI=1S/C24H25NO2/c1-19(2)24(26)27-23-17-15-22(16-18-23)25(20-11-7-3-4-8-12-20)21-13-9-5-6-10-14-21/h3-4,7,9,11-18H,1,5-6,8,10H2,2H3. The first-order valence-corrected chi connectivity index (χ1v) is 9.33. The van der Waals surface area contributed by atoms with E-state index >= 15 is 0 Å². The number of rotatable bonds is 5. The summed E-state index contributed by atoms with van der Waals surface area (Å²) >= 11 is 0. The maximum Gasteiger partial charge on any atom is 0.338 e. The van der Waals surface area contributed by atoms with Crippen LogP contribution in [-0.2, 0) is 4.79 Å². The monoisotopic (exact) mass is 359 g/mol. The Hall–Kier alpha value is -3.07. The van der Waals surface area contributed by atoms with Crippen LogP contribution in [0.25, 0.3) is 0 Å². The zero-order chi connectivity index (χ0) is 19.1. The number of ether oxygens (including phenoxy) is 1. The Bertz CT molecular complexity index is 849. The Labute approximate surface area is 161 Å². The van der Waals surface area contributed by atoms with E-state index < -0.39 is 5.97 Å². The highest BCUT2D eigenvalue weighted by molar-refractivity contribution is 5.88. The molecule has 2 aliphatic rings. The lowest BCUT2D eigenvalue weighted by Crippen LogP contribution is -2.20. The van der Waals surface area contributed by atoms with Crippen molar-refractivity contribution in [1.82, 2.24) is 0 Å². The molecule has 3 heteroatoms. The summed E-state index contributed by atoms with van der Waals surface area (Å²) in [6, 6.07) is 7.61. The van der Waals surface area contributed by atoms with Crippen molar-refractivity contribution in [3.63, 3.8) is 0 Å². The number of anilines is 1. The molecule has 0 radical (unpaired) electrons. The zero-order valence-electron chi connectivity index (χ0n) is 15.7. The van der Waals surface area contributed by atoms with E-state index in [2.05, 4.69) is 60.1 Å². The predicted molar refractivity (Wildman–Crippen MR) is 111 cm³/mol. The molecule has 0 unspecified atom stereocenters. The number of esters is 1. The summed E-state index contributed by atoms with van der Waals surface area (Å²) in [6.07, 6.45) is 21.5. The van der Waals surface area contributed by atoms with Gasteiger partial charge in [0.25, 0.3) is 0 Å². The number of hydrogen-bond donors (Lipinski definition) is 0. The SMILES string of the molecule is C=C(C)C(=O)Oc1ccc(N(C2=CCC=CC=C2)C2=CCCCC=C2)cc1. The van der Waals surface area contributed by atoms with Crippen molar-refractivity contribution in [3.05, 3.63) is 96.4 Å². The van der Waals surface area contributed by atoms with Gasteiger partial charge in [-0.1, -0.05) is 43.0 Å². The van der Waals surface area contributed by atoms with Crippen molar-refractivity contribution in [2.75, 3.05) is 4.90 Å². The highest BCUT2D eigenvalue weighted by atomic mass is 16.5. The van der Waals surface area contributed by atoms with Crippen LogP contribution in [0.1, 0.15) is 32.6 Å². The van der Waals surface area contributed by atoms with Gasteiger partial charge in [-0.2, -0.15) is 0 Å². The number of benzene rings is 1. The molecule has 138 valence electrons. The molecule has 0 spiro atoms. The smallest absolute Gasteiger partial charge is 0.338 e. The Kier molecular flexibility index (Phi) is 6.26. The van der Waals surface area contributed by atoms with Crippen LogP contribution < -0.4 is 9.64 Å². The molecular weight excluding hydrogens is 334 g/mol. The van der Waals surface area contributed by atoms with E-state index in [-0.39, 0.29) is 0 Å². The van der Waals surface area contributed by atoms with Gasteiger partial charge >= 0.3 is 5.97 Å². The van der Waals surface area contributed by atoms with Crippen molar-refractivity contribution < 1.29 is 9.53 Å². The van der Waals surface area contributed by atoms with Crippen LogP contribution in [0.15, 0.2) is 96.4 Å². The Morgan fingerprint density at radius 1 is 1.00 bits per heavy atom. The quantitative estimate of drug-likeness (QED) is 0.367. The molecule has 3 rings (SSSR count). The predicted octanol–water partition coefficient (Wildman–Crippen LogP) is 6.00. The van der Waals surface area contributed by atoms with Gasteiger partial charge in [-0.3, -0.25) is 0 Å². The van der Waals surface area contributed by atoms with Crippen molar-refractivity contribution in [2.45, 2.75) is 32.6 Å². The maximum atomic E-state index is 11.7. The van der Waals surface area contributed by atoms with Crippen LogP contribution in [0.3, 0.4) is 0 Å². The van der Waals surface area contributed by atoms with E-state index in [1.165, 1.54) is 6.42 Å². The van der Waals surface area contributed by atoms with Gasteiger partial charge in [0, 0.05) is 22.7 Å². The Morgan fingerprint density at radius 2 is 1.78 bits per heavy atom. The van der Waals surface area contributed by atoms with Crippen molar-refractivity contribution in [1.29, 1.82) is 0 Å². The van der Waals surface area contributed by atoms with Crippen LogP contribution >= 0.6 is 0 Å². The van der Waals surface area contributed by atoms with Crippen LogP contribution in [0.2, 0.25) is 0 Å². The largest absolute Gasteiger partial charge is 0.423 e. The summed E-state index contributed by atoms with van der Waals surface area (Å²) in [6.45, 7) is 5.26. The van der Waals surface area contributed by atoms with E-state index in [0.29, 0.717) is 11.3 Å². The minimum atomic E-state index is -0.408. The molecule has 0 heterocycles. The van der Waals surface area contributed by atoms with Crippen molar-refractivity contribution in [3.8, 4) is 5.75 Å². The van der Waals surface area contributed by atoms with Gasteiger partial charge in [-0.05, 0) is 69.0 Å². The van der Waals surface area contributed by atoms with E-state index in [9.17, 15) is 4.79 Å². The molecule has 3 nitrogen and oxygen atoms in total. The fourth-order valence-electron chi connectivity index (χ4n) is 2.96. The van der Waals surface area contributed by atoms with Crippen LogP contribution in [0.4, 0.5) is 5.69 Å². The molecule has 0 bridgehead atoms. The maximum absolute atomic E-state index is 11.7. The van der Waals surface area contributed by atoms with E-state index in [0.717, 1.165) is 36.3 Å². The number of carbonyl (C=O) groups excluding carboxylic acids is 1. The molecule has 0 aliphatic heterocycles. The summed E-state index contributed by atoms with van der Waals surface area (Å²) < 4.78 is 5.32. The number of carbonyl (C=O) groups is 1. The molecule has 0 N–H and O–H groups in total. The number of allylic oxidation sites excluding steroid dienone is 8. The summed E-state index contributed by atoms with van der Waals surface area (Å²) in [5, 5.41) is 0. The third-order valence-corrected chi connectivity index (χ3v) is 4.36. The van der Waals surface area contributed by atoms with Gasteiger partial charge in [0.05, 0.1) is 0 Å². The molecule has 0 saturated heterocycles. The van der Waals surface area contributed by atoms with E-state index in [1.807, 2.05) is 24.3 Å². The van der Waals surface area contributed by atoms with Crippen LogP contribution in [0, 0.1) is 0 Å². The average molecular weight is 359 g/mol. The van der Waals surface area contributed by atoms with Gasteiger partial charge < -0.3 is 9.64 Å². The van der Waals surface area contributed by atoms with Gasteiger partial charge in [0.2, 0.25) is 0 Å². The Balaban J connectivity index is 1.93. The Morgan fingerprint density at radius 3 is 2.56 bits per heavy atom. The molecule has 0 amide bonds. The van der Waals surface area contributed by atoms with Gasteiger partial charge in [-0.25, -0.2) is 4.79 Å². The van der Waals surface area contributed by atoms with E-state index in [4.69, 9.17) is 4.74 Å². The summed E-state index contributed by atoms with van der Waals surface area (Å²) in [7, 11) is 0. The van der Waals surface area contributed by atoms with Crippen molar-refractivity contribution in [2.24, 2.45) is 0 Å². The molecule has 0 fully saturated rings. The molecule has 0 atom stereocenters. The first-order chi connectivity index (χ1) is 13.1. The second kappa shape index (κ2) is 9.04. The first-order valence-electron chi connectivity index (χ1n) is 9.33. The lowest BCUT2D eigenvalue weighted by molar-refractivity contribution is -0.130. The third-order valence-electron chi connectivity index (χ3n) is 4.36. The second-order valence-corrected chi connectivity index (χ2v) is 6.61. The summed E-state index contributed by atoms with van der Waals surface area (Å²) in [5.74, 6) is 0.110. The zero-order valence-corrected chi connectivity index (χ0v) is 15.7. The van der Waals surface area contributed by atoms with Gasteiger partial charge in [-0.15, -0.1) is 0 Å². The molecule has 27 heavy (non-hydrogen) atoms. The van der Waals surface area contributed by atoms with Gasteiger partial charge in [0.1, 0.15) is 5.75 Å². The molecule has 0 aromatic heterocycles. The highest BCUT2D eigenvalue weighted by Gasteiger charge is 2.15. The normalized spacial score (nSPS) is 16.0. The van der Waals surface area contributed by atoms with Crippen LogP contribution in [0.5, 0.6) is 5.75 Å². The number of hydrogen-bond acceptors (Lipinski definition) is 3. The van der Waals surface area contributed by atoms with Crippen molar-refractivity contribution >= 4 is 11.7 Å². The second-order valence-electron chi connectivity index (χ2n) is 6.61. The fourth-order valence-corrected chi connectivity index (χ4v) is 2.96. The molecule has 1 aromatic carbocycles. The fraction of sp³-hybridized carbons (Fsp3) is 0.208. The summed E-state index contributed by atoms with van der Waals surface area (Å²) in [4.78, 5) is 14.0. The van der Waals surface area contributed by atoms with Gasteiger partial charge in [0.15, 0.2) is 0 Å². The molecule has 0 saturated carbocycles. The summed E-state index contributed by atoms with van der Waals surface area (Å²) in [5.41, 5.74) is 3.71. The molecular formula is C24H25NO2. The third kappa shape index (κ3) is 4.98. The lowest BCUT2D eigenvalue weighted by atomic mass is 10.2. The topological polar surface area (TPSA) is 29.5 Å². The molecule has 1 aromatic rings. The van der Waals surface area contributed by atoms with Crippen LogP contribution in [-0.4, -0.2) is 5.97 Å². The minimum absolute atomic E-state index is 0.385. The lowest BCUT2D eigenvalue weighted by Gasteiger charge is -2.27. The highest BCUT2D eigenvalue weighted by Crippen LogP contribution is 2.30. The minimum Gasteiger partial charge on any atom is -0.423 e. The van der Waals surface area contributed by atoms with E-state index in [1.54, 1.807) is 6.92 Å².